The van der Waals surface area contributed by atoms with Gasteiger partial charge in [-0.25, -0.2) is 0 Å². The first-order valence-electron chi connectivity index (χ1n) is 14.7. The Balaban J connectivity index is 1.33. The van der Waals surface area contributed by atoms with E-state index in [1.807, 2.05) is 0 Å². The van der Waals surface area contributed by atoms with Crippen LogP contribution in [0, 0.1) is 17.3 Å². The molecule has 4 rings (SSSR count). The summed E-state index contributed by atoms with van der Waals surface area (Å²) in [6.45, 7) is 19.1. The molecule has 0 heterocycles. The Kier molecular flexibility index (Phi) is 9.34. The van der Waals surface area contributed by atoms with Gasteiger partial charge >= 0.3 is 0 Å². The Bertz CT molecular complexity index is 899. The van der Waals surface area contributed by atoms with Gasteiger partial charge in [0, 0.05) is 35.4 Å². The molecule has 0 aromatic heterocycles. The molecule has 3 aliphatic rings. The number of rotatable bonds is 12. The van der Waals surface area contributed by atoms with Crippen LogP contribution in [-0.4, -0.2) is 49.1 Å². The highest BCUT2D eigenvalue weighted by atomic mass is 28.3. The molecule has 2 N–H and O–H groups in total. The molecule has 0 unspecified atom stereocenters. The monoisotopic (exact) mass is 547 g/mol. The number of nitrogens with two attached hydrogens (primary N) is 1. The fourth-order valence-corrected chi connectivity index (χ4v) is 8.58. The Morgan fingerprint density at radius 1 is 0.892 bits per heavy atom. The van der Waals surface area contributed by atoms with Crippen molar-refractivity contribution in [1.29, 1.82) is 0 Å². The van der Waals surface area contributed by atoms with E-state index in [0.717, 1.165) is 37.8 Å². The molecule has 0 saturated heterocycles. The van der Waals surface area contributed by atoms with Crippen molar-refractivity contribution in [2.75, 3.05) is 26.8 Å². The summed E-state index contributed by atoms with van der Waals surface area (Å²) in [6.07, 6.45) is 6.20. The first kappa shape index (κ1) is 29.3. The lowest BCUT2D eigenvalue weighted by atomic mass is 9.55. The minimum atomic E-state index is -1.08. The number of fused-ring (bicyclic) bond motifs is 5. The van der Waals surface area contributed by atoms with Gasteiger partial charge in [0.05, 0.1) is 6.10 Å². The van der Waals surface area contributed by atoms with Gasteiger partial charge in [-0.3, -0.25) is 0 Å². The van der Waals surface area contributed by atoms with Gasteiger partial charge in [0.25, 0.3) is 0 Å². The van der Waals surface area contributed by atoms with Gasteiger partial charge in [-0.1, -0.05) is 52.3 Å². The van der Waals surface area contributed by atoms with E-state index in [1.54, 1.807) is 0 Å². The van der Waals surface area contributed by atoms with Crippen LogP contribution in [0.2, 0.25) is 51.4 Å². The number of hydrogen-bond donors (Lipinski definition) is 1. The predicted octanol–water partition coefficient (Wildman–Crippen LogP) is 7.39. The van der Waals surface area contributed by atoms with E-state index in [0.29, 0.717) is 37.4 Å². The highest BCUT2D eigenvalue weighted by molar-refractivity contribution is 6.76. The largest absolute Gasteiger partial charge is 0.468 e. The summed E-state index contributed by atoms with van der Waals surface area (Å²) < 4.78 is 24.0. The van der Waals surface area contributed by atoms with Crippen molar-refractivity contribution in [3.63, 3.8) is 0 Å². The second-order valence-corrected chi connectivity index (χ2v) is 25.8. The second kappa shape index (κ2) is 11.8. The molecular formula is C30H53NO4Si2. The zero-order chi connectivity index (χ0) is 26.8. The maximum atomic E-state index is 6.83. The van der Waals surface area contributed by atoms with Gasteiger partial charge < -0.3 is 24.7 Å². The van der Waals surface area contributed by atoms with Crippen LogP contribution in [0.5, 0.6) is 5.75 Å². The van der Waals surface area contributed by atoms with E-state index in [2.05, 4.69) is 64.4 Å². The summed E-state index contributed by atoms with van der Waals surface area (Å²) in [6, 6.07) is 9.03. The van der Waals surface area contributed by atoms with E-state index in [9.17, 15) is 0 Å². The second-order valence-electron chi connectivity index (χ2n) is 14.6. The molecule has 5 nitrogen and oxygen atoms in total. The first-order valence-corrected chi connectivity index (χ1v) is 22.1. The average Bonchev–Trinajstić information content (AvgIpc) is 3.14. The van der Waals surface area contributed by atoms with Gasteiger partial charge in [0.1, 0.15) is 12.5 Å². The van der Waals surface area contributed by atoms with Crippen molar-refractivity contribution in [3.8, 4) is 5.75 Å². The van der Waals surface area contributed by atoms with E-state index in [1.165, 1.54) is 36.4 Å². The lowest BCUT2D eigenvalue weighted by Crippen LogP contribution is -2.46. The highest BCUT2D eigenvalue weighted by Crippen LogP contribution is 2.62. The van der Waals surface area contributed by atoms with E-state index >= 15 is 0 Å². The van der Waals surface area contributed by atoms with Crippen LogP contribution in [-0.2, 0) is 14.2 Å². The molecule has 1 aromatic carbocycles. The summed E-state index contributed by atoms with van der Waals surface area (Å²) >= 11 is 0. The van der Waals surface area contributed by atoms with Crippen LogP contribution in [0.1, 0.15) is 62.1 Å². The SMILES string of the molecule is C[C@]12CC[C@@H]3c4ccc(OCOCC[Si](C)(C)C)cc4[C@@H](N)C[C@H]3[C@@H]1CC[C@@H]2OCOCC[Si](C)(C)C. The zero-order valence-electron chi connectivity index (χ0n) is 24.6. The smallest absolute Gasteiger partial charge is 0.189 e. The van der Waals surface area contributed by atoms with Crippen molar-refractivity contribution in [1.82, 2.24) is 0 Å². The third-order valence-corrected chi connectivity index (χ3v) is 12.8. The highest BCUT2D eigenvalue weighted by Gasteiger charge is 2.56. The number of hydrogen-bond acceptors (Lipinski definition) is 5. The fraction of sp³-hybridized carbons (Fsp3) is 0.800. The number of benzene rings is 1. The van der Waals surface area contributed by atoms with E-state index in [-0.39, 0.29) is 11.5 Å². The fourth-order valence-electron chi connectivity index (χ4n) is 7.06. The molecule has 3 aliphatic carbocycles. The van der Waals surface area contributed by atoms with Crippen LogP contribution in [0.4, 0.5) is 0 Å². The number of ether oxygens (including phenoxy) is 4. The quantitative estimate of drug-likeness (QED) is 0.168. The molecule has 0 spiro atoms. The van der Waals surface area contributed by atoms with Crippen molar-refractivity contribution in [3.05, 3.63) is 29.3 Å². The van der Waals surface area contributed by atoms with Gasteiger partial charge in [-0.05, 0) is 90.6 Å². The molecule has 2 saturated carbocycles. The molecular weight excluding hydrogens is 495 g/mol. The maximum absolute atomic E-state index is 6.83. The minimum absolute atomic E-state index is 0.0693. The maximum Gasteiger partial charge on any atom is 0.189 e. The first-order chi connectivity index (χ1) is 17.4. The normalized spacial score (nSPS) is 31.5. The summed E-state index contributed by atoms with van der Waals surface area (Å²) in [7, 11) is -2.14. The van der Waals surface area contributed by atoms with E-state index in [4.69, 9.17) is 24.7 Å². The summed E-state index contributed by atoms with van der Waals surface area (Å²) in [4.78, 5) is 0. The third kappa shape index (κ3) is 7.28. The van der Waals surface area contributed by atoms with Crippen LogP contribution in [0.3, 0.4) is 0 Å². The Morgan fingerprint density at radius 3 is 2.24 bits per heavy atom. The standard InChI is InChI=1S/C30H53NO4Si2/c1-30-13-12-24-23-9-8-22(34-20-32-14-16-36(2,3)4)18-26(23)28(31)19-25(24)27(30)10-11-29(30)35-21-33-15-17-37(5,6)7/h8-9,18,24-25,27-29H,10-17,19-21,31H2,1-7H3/t24-,25-,27+,28+,29+,30+/m1/s1. The summed E-state index contributed by atoms with van der Waals surface area (Å²) in [5.41, 5.74) is 9.80. The third-order valence-electron chi connectivity index (χ3n) is 9.39. The zero-order valence-corrected chi connectivity index (χ0v) is 26.6. The molecule has 2 fully saturated rings. The Hall–Kier alpha value is -0.706. The van der Waals surface area contributed by atoms with Gasteiger partial charge in [-0.2, -0.15) is 0 Å². The van der Waals surface area contributed by atoms with Crippen LogP contribution >= 0.6 is 0 Å². The average molecular weight is 548 g/mol. The van der Waals surface area contributed by atoms with Crippen LogP contribution in [0.15, 0.2) is 18.2 Å². The molecule has 210 valence electrons. The summed E-state index contributed by atoms with van der Waals surface area (Å²) in [5.74, 6) is 2.79. The van der Waals surface area contributed by atoms with Crippen LogP contribution in [0.25, 0.3) is 0 Å². The van der Waals surface area contributed by atoms with Gasteiger partial charge in [0.15, 0.2) is 6.79 Å². The minimum Gasteiger partial charge on any atom is -0.468 e. The van der Waals surface area contributed by atoms with Crippen molar-refractivity contribution >= 4 is 16.1 Å². The van der Waals surface area contributed by atoms with Gasteiger partial charge in [-0.15, -0.1) is 0 Å². The van der Waals surface area contributed by atoms with Crippen molar-refractivity contribution in [2.24, 2.45) is 23.0 Å². The van der Waals surface area contributed by atoms with E-state index < -0.39 is 16.1 Å². The molecule has 37 heavy (non-hydrogen) atoms. The molecule has 6 atom stereocenters. The van der Waals surface area contributed by atoms with Crippen molar-refractivity contribution < 1.29 is 18.9 Å². The molecule has 0 amide bonds. The molecule has 0 aliphatic heterocycles. The summed E-state index contributed by atoms with van der Waals surface area (Å²) in [5, 5.41) is 0. The molecule has 0 bridgehead atoms. The van der Waals surface area contributed by atoms with Crippen LogP contribution < -0.4 is 10.5 Å². The van der Waals surface area contributed by atoms with Gasteiger partial charge in [0.2, 0.25) is 0 Å². The molecule has 7 heteroatoms. The van der Waals surface area contributed by atoms with Crippen molar-refractivity contribution in [2.45, 2.75) is 108 Å². The Labute approximate surface area is 228 Å². The predicted molar refractivity (Wildman–Crippen MR) is 158 cm³/mol. The lowest BCUT2D eigenvalue weighted by Gasteiger charge is -2.51. The molecule has 1 aromatic rings. The molecule has 0 radical (unpaired) electrons. The Morgan fingerprint density at radius 2 is 1.57 bits per heavy atom. The topological polar surface area (TPSA) is 62.9 Å². The lowest BCUT2D eigenvalue weighted by molar-refractivity contribution is -0.134.